The summed E-state index contributed by atoms with van der Waals surface area (Å²) in [6.07, 6.45) is 1.55. The molecule has 1 N–H and O–H groups in total. The van der Waals surface area contributed by atoms with Crippen molar-refractivity contribution in [3.05, 3.63) is 48.7 Å². The molecule has 0 bridgehead atoms. The maximum atomic E-state index is 6.30. The summed E-state index contributed by atoms with van der Waals surface area (Å²) in [4.78, 5) is 7.34. The van der Waals surface area contributed by atoms with Crippen molar-refractivity contribution < 1.29 is 0 Å². The number of hydrogen-bond acceptors (Lipinski definition) is 2. The largest absolute Gasteiger partial charge is 0.329 e. The lowest BCUT2D eigenvalue weighted by Crippen LogP contribution is -1.97. The van der Waals surface area contributed by atoms with E-state index in [4.69, 9.17) is 47.0 Å². The lowest BCUT2D eigenvalue weighted by atomic mass is 10.3. The van der Waals surface area contributed by atoms with Crippen molar-refractivity contribution in [1.29, 1.82) is 0 Å². The SMILES string of the molecule is S=c1[nH]c2cc(Cl)cnc2n1-c1ccc(Br)c(Cl)c1Cl. The number of benzene rings is 1. The molecule has 0 amide bonds. The fraction of sp³-hybridized carbons (Fsp3) is 0. The minimum Gasteiger partial charge on any atom is -0.329 e. The molecule has 102 valence electrons. The summed E-state index contributed by atoms with van der Waals surface area (Å²) in [5, 5.41) is 1.35. The molecule has 8 heteroatoms. The summed E-state index contributed by atoms with van der Waals surface area (Å²) >= 11 is 27.0. The lowest BCUT2D eigenvalue weighted by molar-refractivity contribution is 1.04. The molecule has 20 heavy (non-hydrogen) atoms. The smallest absolute Gasteiger partial charge is 0.184 e. The number of halogens is 4. The first-order valence-corrected chi connectivity index (χ1v) is 7.72. The van der Waals surface area contributed by atoms with Crippen molar-refractivity contribution in [2.75, 3.05) is 0 Å². The molecule has 0 aliphatic heterocycles. The van der Waals surface area contributed by atoms with Crippen LogP contribution < -0.4 is 0 Å². The standard InChI is InChI=1S/C12H5BrCl3N3S/c13-6-1-2-8(10(16)9(6)15)19-11-7(18-12(19)20)3-5(14)4-17-11/h1-4H,(H,18,20). The molecule has 1 aromatic carbocycles. The van der Waals surface area contributed by atoms with E-state index < -0.39 is 0 Å². The van der Waals surface area contributed by atoms with Gasteiger partial charge >= 0.3 is 0 Å². The Hall–Kier alpha value is -0.590. The van der Waals surface area contributed by atoms with Gasteiger partial charge in [0.2, 0.25) is 0 Å². The third kappa shape index (κ3) is 2.27. The highest BCUT2D eigenvalue weighted by Crippen LogP contribution is 2.36. The predicted molar refractivity (Wildman–Crippen MR) is 89.0 cm³/mol. The molecule has 0 fully saturated rings. The molecule has 2 heterocycles. The molecule has 2 aromatic heterocycles. The van der Waals surface area contributed by atoms with Gasteiger partial charge in [0.25, 0.3) is 0 Å². The maximum Gasteiger partial charge on any atom is 0.184 e. The third-order valence-corrected chi connectivity index (χ3v) is 5.00. The second kappa shape index (κ2) is 5.31. The van der Waals surface area contributed by atoms with Gasteiger partial charge in [0.1, 0.15) is 0 Å². The number of H-pyrrole nitrogens is 1. The van der Waals surface area contributed by atoms with E-state index in [-0.39, 0.29) is 0 Å². The quantitative estimate of drug-likeness (QED) is 0.407. The van der Waals surface area contributed by atoms with Crippen LogP contribution in [0.25, 0.3) is 16.9 Å². The van der Waals surface area contributed by atoms with E-state index in [1.807, 2.05) is 6.07 Å². The van der Waals surface area contributed by atoms with Gasteiger partial charge in [-0.3, -0.25) is 4.57 Å². The molecule has 0 spiro atoms. The first kappa shape index (κ1) is 14.4. The zero-order valence-corrected chi connectivity index (χ0v) is 14.3. The Morgan fingerprint density at radius 3 is 2.70 bits per heavy atom. The second-order valence-corrected chi connectivity index (χ2v) is 6.42. The van der Waals surface area contributed by atoms with E-state index in [1.165, 1.54) is 0 Å². The number of nitrogens with one attached hydrogen (secondary N) is 1. The topological polar surface area (TPSA) is 33.6 Å². The third-order valence-electron chi connectivity index (χ3n) is 2.75. The molecule has 0 radical (unpaired) electrons. The fourth-order valence-corrected chi connectivity index (χ4v) is 3.19. The van der Waals surface area contributed by atoms with Gasteiger partial charge in [0.15, 0.2) is 10.4 Å². The molecule has 0 atom stereocenters. The summed E-state index contributed by atoms with van der Waals surface area (Å²) in [5.74, 6) is 0. The highest BCUT2D eigenvalue weighted by Gasteiger charge is 2.14. The zero-order chi connectivity index (χ0) is 14.4. The molecule has 3 aromatic rings. The van der Waals surface area contributed by atoms with Gasteiger partial charge in [-0.25, -0.2) is 4.98 Å². The number of aromatic nitrogens is 3. The number of nitrogens with zero attached hydrogens (tertiary/aromatic N) is 2. The number of aromatic amines is 1. The van der Waals surface area contributed by atoms with Crippen LogP contribution in [0.2, 0.25) is 15.1 Å². The molecular formula is C12H5BrCl3N3S. The van der Waals surface area contributed by atoms with E-state index >= 15 is 0 Å². The average molecular weight is 410 g/mol. The molecule has 0 saturated carbocycles. The normalized spacial score (nSPS) is 11.2. The minimum atomic E-state index is 0.398. The first-order chi connectivity index (χ1) is 9.49. The number of imidazole rings is 1. The van der Waals surface area contributed by atoms with Crippen LogP contribution in [0.3, 0.4) is 0 Å². The van der Waals surface area contributed by atoms with Gasteiger partial charge < -0.3 is 4.98 Å². The Morgan fingerprint density at radius 2 is 1.95 bits per heavy atom. The van der Waals surface area contributed by atoms with Gasteiger partial charge in [-0.15, -0.1) is 0 Å². The number of fused-ring (bicyclic) bond motifs is 1. The Balaban J connectivity index is 2.38. The van der Waals surface area contributed by atoms with Gasteiger partial charge in [0, 0.05) is 10.7 Å². The number of pyridine rings is 1. The molecular weight excluding hydrogens is 404 g/mol. The summed E-state index contributed by atoms with van der Waals surface area (Å²) in [6, 6.07) is 5.38. The first-order valence-electron chi connectivity index (χ1n) is 5.39. The van der Waals surface area contributed by atoms with E-state index in [9.17, 15) is 0 Å². The van der Waals surface area contributed by atoms with Crippen LogP contribution in [0.15, 0.2) is 28.9 Å². The molecule has 0 unspecified atom stereocenters. The minimum absolute atomic E-state index is 0.398. The van der Waals surface area contributed by atoms with Crippen molar-refractivity contribution >= 4 is 74.1 Å². The van der Waals surface area contributed by atoms with Gasteiger partial charge in [0.05, 0.1) is 26.3 Å². The summed E-state index contributed by atoms with van der Waals surface area (Å²) in [6.45, 7) is 0. The monoisotopic (exact) mass is 407 g/mol. The van der Waals surface area contributed by atoms with Gasteiger partial charge in [-0.05, 0) is 46.3 Å². The molecule has 3 rings (SSSR count). The van der Waals surface area contributed by atoms with E-state index in [0.29, 0.717) is 31.2 Å². The Labute approximate surface area is 142 Å². The lowest BCUT2D eigenvalue weighted by Gasteiger charge is -2.09. The predicted octanol–water partition coefficient (Wildman–Crippen LogP) is 5.81. The van der Waals surface area contributed by atoms with E-state index in [1.54, 1.807) is 22.9 Å². The highest BCUT2D eigenvalue weighted by molar-refractivity contribution is 9.10. The van der Waals surface area contributed by atoms with Crippen LogP contribution in [-0.2, 0) is 0 Å². The van der Waals surface area contributed by atoms with Crippen LogP contribution in [0, 0.1) is 4.77 Å². The van der Waals surface area contributed by atoms with Crippen molar-refractivity contribution in [2.24, 2.45) is 0 Å². The summed E-state index contributed by atoms with van der Waals surface area (Å²) < 4.78 is 2.91. The number of rotatable bonds is 1. The highest BCUT2D eigenvalue weighted by atomic mass is 79.9. The number of hydrogen-bond donors (Lipinski definition) is 1. The molecule has 0 aliphatic carbocycles. The van der Waals surface area contributed by atoms with Crippen LogP contribution in [0.1, 0.15) is 0 Å². The van der Waals surface area contributed by atoms with Gasteiger partial charge in [-0.1, -0.05) is 34.8 Å². The van der Waals surface area contributed by atoms with Crippen LogP contribution in [0.5, 0.6) is 0 Å². The van der Waals surface area contributed by atoms with Crippen LogP contribution >= 0.6 is 63.0 Å². The van der Waals surface area contributed by atoms with Crippen LogP contribution in [0.4, 0.5) is 0 Å². The Bertz CT molecular complexity index is 888. The van der Waals surface area contributed by atoms with E-state index in [2.05, 4.69) is 25.9 Å². The Kier molecular flexibility index (Phi) is 3.81. The maximum absolute atomic E-state index is 6.30. The van der Waals surface area contributed by atoms with Crippen molar-refractivity contribution in [3.8, 4) is 5.69 Å². The summed E-state index contributed by atoms with van der Waals surface area (Å²) in [5.41, 5.74) is 2.03. The van der Waals surface area contributed by atoms with Crippen molar-refractivity contribution in [2.45, 2.75) is 0 Å². The Morgan fingerprint density at radius 1 is 1.20 bits per heavy atom. The molecule has 0 saturated heterocycles. The van der Waals surface area contributed by atoms with Crippen molar-refractivity contribution in [1.82, 2.24) is 14.5 Å². The van der Waals surface area contributed by atoms with Gasteiger partial charge in [-0.2, -0.15) is 0 Å². The zero-order valence-electron chi connectivity index (χ0n) is 9.62. The van der Waals surface area contributed by atoms with Crippen molar-refractivity contribution in [3.63, 3.8) is 0 Å². The van der Waals surface area contributed by atoms with E-state index in [0.717, 1.165) is 9.99 Å². The fourth-order valence-electron chi connectivity index (χ4n) is 1.88. The average Bonchev–Trinajstić information content (AvgIpc) is 2.72. The molecule has 0 aliphatic rings. The van der Waals surface area contributed by atoms with Crippen LogP contribution in [-0.4, -0.2) is 14.5 Å². The summed E-state index contributed by atoms with van der Waals surface area (Å²) in [7, 11) is 0. The molecule has 3 nitrogen and oxygen atoms in total. The second-order valence-electron chi connectivity index (χ2n) is 3.98.